The predicted octanol–water partition coefficient (Wildman–Crippen LogP) is 2.50. The Morgan fingerprint density at radius 1 is 1.60 bits per heavy atom. The van der Waals surface area contributed by atoms with Crippen molar-refractivity contribution in [3.8, 4) is 5.75 Å². The maximum Gasteiger partial charge on any atom is 0.258 e. The lowest BCUT2D eigenvalue weighted by Crippen LogP contribution is -2.46. The van der Waals surface area contributed by atoms with Crippen LogP contribution in [0, 0.1) is 5.41 Å². The first-order valence-corrected chi connectivity index (χ1v) is 7.61. The minimum atomic E-state index is -0.203. The molecule has 2 rings (SSSR count). The highest BCUT2D eigenvalue weighted by Gasteiger charge is 2.39. The van der Waals surface area contributed by atoms with Crippen LogP contribution in [0.2, 0.25) is 0 Å². The topological polar surface area (TPSA) is 58.6 Å². The highest BCUT2D eigenvalue weighted by atomic mass is 79.9. The summed E-state index contributed by atoms with van der Waals surface area (Å²) in [5.74, 6) is 0.516. The Labute approximate surface area is 127 Å². The summed E-state index contributed by atoms with van der Waals surface area (Å²) in [4.78, 5) is 11.9. The molecule has 0 aliphatic heterocycles. The van der Waals surface area contributed by atoms with Crippen molar-refractivity contribution in [1.82, 2.24) is 5.32 Å². The van der Waals surface area contributed by atoms with Crippen molar-refractivity contribution in [3.63, 3.8) is 0 Å². The maximum atomic E-state index is 11.9. The molecule has 1 amide bonds. The van der Waals surface area contributed by atoms with Crippen LogP contribution < -0.4 is 10.1 Å². The molecule has 2 unspecified atom stereocenters. The Hall–Kier alpha value is -1.07. The Kier molecular flexibility index (Phi) is 5.05. The molecule has 1 aromatic carbocycles. The Morgan fingerprint density at radius 3 is 3.10 bits per heavy atom. The molecule has 4 nitrogen and oxygen atoms in total. The van der Waals surface area contributed by atoms with Crippen LogP contribution in [-0.2, 0) is 4.79 Å². The van der Waals surface area contributed by atoms with E-state index in [1.54, 1.807) is 0 Å². The average molecular weight is 342 g/mol. The molecular formula is C15H20BrNO3. The minimum Gasteiger partial charge on any atom is -0.484 e. The SMILES string of the molecule is CC1(CO)CCCC1NC(=O)COc1cccc(Br)c1. The lowest BCUT2D eigenvalue weighted by molar-refractivity contribution is -0.124. The number of ether oxygens (including phenoxy) is 1. The predicted molar refractivity (Wildman–Crippen MR) is 80.6 cm³/mol. The number of carbonyl (C=O) groups excluding carboxylic acids is 1. The standard InChI is InChI=1S/C15H20BrNO3/c1-15(10-18)7-3-6-13(15)17-14(19)9-20-12-5-2-4-11(16)8-12/h2,4-5,8,13,18H,3,6-7,9-10H2,1H3,(H,17,19). The second-order valence-electron chi connectivity index (χ2n) is 5.57. The molecule has 5 heteroatoms. The summed E-state index contributed by atoms with van der Waals surface area (Å²) in [6, 6.07) is 7.42. The summed E-state index contributed by atoms with van der Waals surface area (Å²) in [5.41, 5.74) is -0.203. The molecule has 0 aromatic heterocycles. The van der Waals surface area contributed by atoms with Gasteiger partial charge >= 0.3 is 0 Å². The zero-order chi connectivity index (χ0) is 14.6. The summed E-state index contributed by atoms with van der Waals surface area (Å²) in [7, 11) is 0. The Morgan fingerprint density at radius 2 is 2.40 bits per heavy atom. The number of rotatable bonds is 5. The fourth-order valence-electron chi connectivity index (χ4n) is 2.61. The molecule has 1 aromatic rings. The fraction of sp³-hybridized carbons (Fsp3) is 0.533. The molecule has 1 fully saturated rings. The number of hydrogen-bond donors (Lipinski definition) is 2. The van der Waals surface area contributed by atoms with Gasteiger partial charge in [0.1, 0.15) is 5.75 Å². The smallest absolute Gasteiger partial charge is 0.258 e. The van der Waals surface area contributed by atoms with Gasteiger partial charge < -0.3 is 15.2 Å². The number of amides is 1. The molecule has 1 aliphatic carbocycles. The molecule has 20 heavy (non-hydrogen) atoms. The van der Waals surface area contributed by atoms with Gasteiger partial charge in [-0.05, 0) is 31.0 Å². The van der Waals surface area contributed by atoms with Crippen molar-refractivity contribution in [1.29, 1.82) is 0 Å². The summed E-state index contributed by atoms with van der Waals surface area (Å²) in [6.45, 7) is 2.11. The second kappa shape index (κ2) is 6.59. The average Bonchev–Trinajstić information content (AvgIpc) is 2.79. The summed E-state index contributed by atoms with van der Waals surface area (Å²) >= 11 is 3.36. The zero-order valence-corrected chi connectivity index (χ0v) is 13.1. The van der Waals surface area contributed by atoms with Crippen LogP contribution in [0.3, 0.4) is 0 Å². The van der Waals surface area contributed by atoms with E-state index in [-0.39, 0.29) is 30.6 Å². The lowest BCUT2D eigenvalue weighted by Gasteiger charge is -2.30. The summed E-state index contributed by atoms with van der Waals surface area (Å²) in [6.07, 6.45) is 2.90. The quantitative estimate of drug-likeness (QED) is 0.864. The molecular weight excluding hydrogens is 322 g/mol. The Bertz CT molecular complexity index is 480. The van der Waals surface area contributed by atoms with Gasteiger partial charge in [0.25, 0.3) is 5.91 Å². The van der Waals surface area contributed by atoms with Crippen molar-refractivity contribution in [2.45, 2.75) is 32.2 Å². The van der Waals surface area contributed by atoms with Crippen molar-refractivity contribution in [2.24, 2.45) is 5.41 Å². The van der Waals surface area contributed by atoms with Crippen LogP contribution in [0.1, 0.15) is 26.2 Å². The zero-order valence-electron chi connectivity index (χ0n) is 11.6. The minimum absolute atomic E-state index is 0.00549. The molecule has 2 N–H and O–H groups in total. The van der Waals surface area contributed by atoms with Crippen molar-refractivity contribution < 1.29 is 14.6 Å². The third-order valence-electron chi connectivity index (χ3n) is 3.94. The normalized spacial score (nSPS) is 25.4. The van der Waals surface area contributed by atoms with Gasteiger partial charge in [0.05, 0.1) is 6.61 Å². The molecule has 0 heterocycles. The molecule has 1 saturated carbocycles. The lowest BCUT2D eigenvalue weighted by atomic mass is 9.86. The highest BCUT2D eigenvalue weighted by Crippen LogP contribution is 2.37. The van der Waals surface area contributed by atoms with Crippen LogP contribution >= 0.6 is 15.9 Å². The van der Waals surface area contributed by atoms with Gasteiger partial charge in [-0.15, -0.1) is 0 Å². The molecule has 2 atom stereocenters. The van der Waals surface area contributed by atoms with E-state index in [0.717, 1.165) is 23.7 Å². The second-order valence-corrected chi connectivity index (χ2v) is 6.49. The van der Waals surface area contributed by atoms with E-state index in [2.05, 4.69) is 21.2 Å². The molecule has 1 aliphatic rings. The molecule has 0 spiro atoms. The number of aliphatic hydroxyl groups excluding tert-OH is 1. The number of benzene rings is 1. The number of nitrogens with one attached hydrogen (secondary N) is 1. The van der Waals surface area contributed by atoms with Gasteiger partial charge in [-0.25, -0.2) is 0 Å². The third kappa shape index (κ3) is 3.73. The van der Waals surface area contributed by atoms with Gasteiger partial charge in [-0.2, -0.15) is 0 Å². The molecule has 0 bridgehead atoms. The van der Waals surface area contributed by atoms with Crippen LogP contribution in [0.4, 0.5) is 0 Å². The van der Waals surface area contributed by atoms with Gasteiger partial charge in [-0.1, -0.05) is 35.3 Å². The van der Waals surface area contributed by atoms with Crippen LogP contribution in [0.25, 0.3) is 0 Å². The van der Waals surface area contributed by atoms with Crippen molar-refractivity contribution in [3.05, 3.63) is 28.7 Å². The number of hydrogen-bond acceptors (Lipinski definition) is 3. The van der Waals surface area contributed by atoms with E-state index in [1.807, 2.05) is 31.2 Å². The first-order valence-electron chi connectivity index (χ1n) is 6.82. The first kappa shape index (κ1) is 15.3. The van der Waals surface area contributed by atoms with Gasteiger partial charge in [0.2, 0.25) is 0 Å². The van der Waals surface area contributed by atoms with E-state index >= 15 is 0 Å². The molecule has 0 radical (unpaired) electrons. The van der Waals surface area contributed by atoms with Crippen molar-refractivity contribution in [2.75, 3.05) is 13.2 Å². The van der Waals surface area contributed by atoms with Crippen LogP contribution in [0.15, 0.2) is 28.7 Å². The Balaban J connectivity index is 1.84. The van der Waals surface area contributed by atoms with Crippen molar-refractivity contribution >= 4 is 21.8 Å². The van der Waals surface area contributed by atoms with E-state index in [0.29, 0.717) is 5.75 Å². The van der Waals surface area contributed by atoms with Gasteiger partial charge in [-0.3, -0.25) is 4.79 Å². The van der Waals surface area contributed by atoms with Gasteiger partial charge in [0.15, 0.2) is 6.61 Å². The molecule has 0 saturated heterocycles. The number of aliphatic hydroxyl groups is 1. The van der Waals surface area contributed by atoms with E-state index in [9.17, 15) is 9.90 Å². The monoisotopic (exact) mass is 341 g/mol. The number of carbonyl (C=O) groups is 1. The van der Waals surface area contributed by atoms with Gasteiger partial charge in [0, 0.05) is 15.9 Å². The highest BCUT2D eigenvalue weighted by molar-refractivity contribution is 9.10. The maximum absolute atomic E-state index is 11.9. The summed E-state index contributed by atoms with van der Waals surface area (Å²) in [5, 5.41) is 12.4. The van der Waals surface area contributed by atoms with E-state index in [4.69, 9.17) is 4.74 Å². The fourth-order valence-corrected chi connectivity index (χ4v) is 2.99. The third-order valence-corrected chi connectivity index (χ3v) is 4.44. The first-order chi connectivity index (χ1) is 9.53. The summed E-state index contributed by atoms with van der Waals surface area (Å²) < 4.78 is 6.37. The largest absolute Gasteiger partial charge is 0.484 e. The van der Waals surface area contributed by atoms with Crippen LogP contribution in [0.5, 0.6) is 5.75 Å². The van der Waals surface area contributed by atoms with E-state index < -0.39 is 0 Å². The van der Waals surface area contributed by atoms with E-state index in [1.165, 1.54) is 0 Å². The number of halogens is 1. The molecule has 110 valence electrons. The van der Waals surface area contributed by atoms with Crippen LogP contribution in [-0.4, -0.2) is 30.3 Å².